The molecule has 6 saturated heterocycles. The number of aromatic nitrogens is 6. The van der Waals surface area contributed by atoms with Crippen molar-refractivity contribution in [1.82, 2.24) is 39.7 Å². The van der Waals surface area contributed by atoms with Gasteiger partial charge < -0.3 is 39.0 Å². The molecule has 4 aromatic carbocycles. The minimum absolute atomic E-state index is 0.00880. The molecule has 0 saturated carbocycles. The van der Waals surface area contributed by atoms with Gasteiger partial charge in [0.25, 0.3) is 0 Å². The van der Waals surface area contributed by atoms with Gasteiger partial charge in [-0.3, -0.25) is 19.8 Å². The molecule has 6 aliphatic heterocycles. The Labute approximate surface area is 483 Å². The van der Waals surface area contributed by atoms with Crippen LogP contribution in [0.25, 0.3) is 65.9 Å². The van der Waals surface area contributed by atoms with Gasteiger partial charge in [0.05, 0.1) is 58.8 Å². The molecular weight excluding hydrogens is 1110 g/mol. The number of terminal acetylenes is 2. The maximum atomic E-state index is 17.8. The number of hydrogen-bond donors (Lipinski definition) is 2. The van der Waals surface area contributed by atoms with Crippen molar-refractivity contribution in [3.8, 4) is 70.7 Å². The first-order valence-electron chi connectivity index (χ1n) is 28.6. The van der Waals surface area contributed by atoms with Crippen molar-refractivity contribution in [3.05, 3.63) is 94.8 Å². The van der Waals surface area contributed by atoms with E-state index in [-0.39, 0.29) is 120 Å². The molecule has 6 aliphatic rings. The number of benzene rings is 4. The topological polar surface area (TPSA) is 168 Å². The van der Waals surface area contributed by atoms with E-state index in [1.165, 1.54) is 42.7 Å². The Hall–Kier alpha value is -8.28. The van der Waals surface area contributed by atoms with Crippen molar-refractivity contribution in [2.45, 2.75) is 74.4 Å². The normalized spacial score (nSPS) is 23.6. The van der Waals surface area contributed by atoms with Gasteiger partial charge in [-0.25, -0.2) is 26.3 Å². The fourth-order valence-electron chi connectivity index (χ4n) is 14.3. The van der Waals surface area contributed by atoms with E-state index in [2.05, 4.69) is 36.7 Å². The second-order valence-corrected chi connectivity index (χ2v) is 23.0. The molecule has 1 unspecified atom stereocenters. The van der Waals surface area contributed by atoms with Gasteiger partial charge in [-0.05, 0) is 97.9 Å². The van der Waals surface area contributed by atoms with Crippen molar-refractivity contribution < 1.29 is 55.5 Å². The third-order valence-corrected chi connectivity index (χ3v) is 18.1. The average Bonchev–Trinajstić information content (AvgIpc) is 1.89. The number of ether oxygens (including phenoxy) is 4. The fourth-order valence-corrected chi connectivity index (χ4v) is 14.3. The van der Waals surface area contributed by atoms with E-state index in [9.17, 15) is 14.6 Å². The van der Waals surface area contributed by atoms with Gasteiger partial charge in [0.2, 0.25) is 0 Å². The number of hydrogen-bond acceptors (Lipinski definition) is 16. The third-order valence-electron chi connectivity index (χ3n) is 18.1. The van der Waals surface area contributed by atoms with Crippen molar-refractivity contribution in [2.24, 2.45) is 0 Å². The van der Waals surface area contributed by atoms with Crippen LogP contribution in [0.5, 0.6) is 23.5 Å². The highest BCUT2D eigenvalue weighted by molar-refractivity contribution is 6.05. The molecule has 2 N–H and O–H groups in total. The molecule has 16 nitrogen and oxygen atoms in total. The number of phenolic OH excluding ortho intramolecular Hbond substituents is 2. The Morgan fingerprint density at radius 1 is 0.624 bits per heavy atom. The Balaban J connectivity index is 0.835. The largest absolute Gasteiger partial charge is 0.508 e. The summed E-state index contributed by atoms with van der Waals surface area (Å²) in [5, 5.41) is 23.6. The average molecular weight is 1160 g/mol. The van der Waals surface area contributed by atoms with E-state index < -0.39 is 52.7 Å². The van der Waals surface area contributed by atoms with Crippen molar-refractivity contribution in [3.63, 3.8) is 0 Å². The lowest BCUT2D eigenvalue weighted by atomic mass is 9.88. The van der Waals surface area contributed by atoms with Crippen LogP contribution in [0.4, 0.5) is 38.0 Å². The summed E-state index contributed by atoms with van der Waals surface area (Å²) in [6.45, 7) is 4.56. The first-order valence-corrected chi connectivity index (χ1v) is 28.6. The van der Waals surface area contributed by atoms with Gasteiger partial charge in [-0.1, -0.05) is 17.9 Å². The monoisotopic (exact) mass is 1160 g/mol. The summed E-state index contributed by atoms with van der Waals surface area (Å²) in [6, 6.07) is 7.48. The first-order chi connectivity index (χ1) is 41.2. The highest BCUT2D eigenvalue weighted by Crippen LogP contribution is 2.53. The van der Waals surface area contributed by atoms with Crippen LogP contribution in [0.1, 0.15) is 67.7 Å². The molecule has 14 rings (SSSR count). The number of nitrogens with zero attached hydrogens (tertiary/aromatic N) is 10. The van der Waals surface area contributed by atoms with Gasteiger partial charge >= 0.3 is 12.0 Å². The van der Waals surface area contributed by atoms with Crippen LogP contribution in [-0.4, -0.2) is 159 Å². The summed E-state index contributed by atoms with van der Waals surface area (Å²) in [5.41, 5.74) is -2.90. The molecule has 0 spiro atoms. The summed E-state index contributed by atoms with van der Waals surface area (Å²) in [6.07, 6.45) is 15.5. The van der Waals surface area contributed by atoms with E-state index in [1.807, 2.05) is 14.7 Å². The molecular formula is C63H56F6N10O6. The number of fused-ring (bicyclic) bond motifs is 6. The number of rotatable bonds is 11. The molecule has 85 heavy (non-hydrogen) atoms. The zero-order valence-corrected chi connectivity index (χ0v) is 46.0. The van der Waals surface area contributed by atoms with Crippen molar-refractivity contribution in [2.75, 3.05) is 95.3 Å². The smallest absolute Gasteiger partial charge is 0.319 e. The summed E-state index contributed by atoms with van der Waals surface area (Å²) in [4.78, 5) is 35.8. The van der Waals surface area contributed by atoms with Crippen LogP contribution in [0.2, 0.25) is 0 Å². The molecule has 4 aromatic heterocycles. The molecule has 8 aromatic rings. The van der Waals surface area contributed by atoms with Crippen LogP contribution in [0, 0.1) is 48.0 Å². The zero-order valence-electron chi connectivity index (χ0n) is 46.0. The molecule has 6 fully saturated rings. The predicted octanol–water partition coefficient (Wildman–Crippen LogP) is 9.65. The number of pyridine rings is 2. The fraction of sp³-hybridized carbons (Fsp3) is 0.397. The highest BCUT2D eigenvalue weighted by Gasteiger charge is 2.56. The Kier molecular flexibility index (Phi) is 13.7. The van der Waals surface area contributed by atoms with Crippen LogP contribution < -0.4 is 19.3 Å². The van der Waals surface area contributed by atoms with E-state index >= 15 is 22.0 Å². The van der Waals surface area contributed by atoms with Gasteiger partial charge in [-0.2, -0.15) is 19.9 Å². The quantitative estimate of drug-likeness (QED) is 0.0927. The third kappa shape index (κ3) is 9.18. The summed E-state index contributed by atoms with van der Waals surface area (Å²) in [7, 11) is 0. The predicted molar refractivity (Wildman–Crippen MR) is 305 cm³/mol. The molecule has 5 atom stereocenters. The second kappa shape index (κ2) is 21.3. The molecule has 436 valence electrons. The SMILES string of the molecule is C#Cc1c(F)ccc2cc(O)cc(-c3ncc4c(N5CCOCC5)nc(OC[C@@]56CCCN5C(c5cc(F)c(C#C)c7c(-c8ncc9c(N%10CCCOCC%10)nc(OC[C@@]%10%11CCCN%10C[C@H](F)C%11)nc9c8F)cc(O)cc57)[C@H](F)C6)nc4c3F)c12. The number of anilines is 2. The lowest BCUT2D eigenvalue weighted by Gasteiger charge is -2.35. The Bertz CT molecular complexity index is 4140. The molecule has 0 aliphatic carbocycles. The van der Waals surface area contributed by atoms with E-state index in [0.717, 1.165) is 31.5 Å². The van der Waals surface area contributed by atoms with Crippen molar-refractivity contribution >= 4 is 55.0 Å². The maximum absolute atomic E-state index is 17.8. The lowest BCUT2D eigenvalue weighted by molar-refractivity contribution is 0.0830. The second-order valence-electron chi connectivity index (χ2n) is 23.0. The highest BCUT2D eigenvalue weighted by atomic mass is 19.2. The summed E-state index contributed by atoms with van der Waals surface area (Å²) in [5.74, 6) is 1.35. The molecule has 0 bridgehead atoms. The summed E-state index contributed by atoms with van der Waals surface area (Å²) < 4.78 is 124. The van der Waals surface area contributed by atoms with Crippen LogP contribution in [-0.2, 0) is 9.47 Å². The van der Waals surface area contributed by atoms with Gasteiger partial charge in [0.15, 0.2) is 11.6 Å². The molecule has 0 radical (unpaired) electrons. The van der Waals surface area contributed by atoms with Gasteiger partial charge in [0.1, 0.15) is 82.7 Å². The number of phenols is 2. The van der Waals surface area contributed by atoms with E-state index in [4.69, 9.17) is 41.8 Å². The minimum atomic E-state index is -1.65. The molecule has 0 amide bonds. The maximum Gasteiger partial charge on any atom is 0.319 e. The molecule has 22 heteroatoms. The first kappa shape index (κ1) is 54.6. The van der Waals surface area contributed by atoms with Crippen molar-refractivity contribution in [1.29, 1.82) is 0 Å². The number of morpholine rings is 1. The van der Waals surface area contributed by atoms with Gasteiger partial charge in [-0.15, -0.1) is 12.8 Å². The van der Waals surface area contributed by atoms with Gasteiger partial charge in [0, 0.05) is 86.5 Å². The Morgan fingerprint density at radius 3 is 1.88 bits per heavy atom. The van der Waals surface area contributed by atoms with E-state index in [1.54, 1.807) is 0 Å². The van der Waals surface area contributed by atoms with Crippen LogP contribution in [0.15, 0.2) is 54.9 Å². The van der Waals surface area contributed by atoms with Crippen LogP contribution >= 0.6 is 0 Å². The molecule has 10 heterocycles. The lowest BCUT2D eigenvalue weighted by Crippen LogP contribution is -2.44. The number of alkyl halides is 2. The van der Waals surface area contributed by atoms with Crippen LogP contribution in [0.3, 0.4) is 0 Å². The Morgan fingerprint density at radius 2 is 1.21 bits per heavy atom. The zero-order chi connectivity index (χ0) is 58.5. The number of halogens is 6. The summed E-state index contributed by atoms with van der Waals surface area (Å²) >= 11 is 0. The minimum Gasteiger partial charge on any atom is -0.508 e. The number of aromatic hydroxyl groups is 2. The van der Waals surface area contributed by atoms with E-state index in [0.29, 0.717) is 108 Å². The standard InChI is InChI=1S/C63H56F6N10O6/c1-3-38-46(65)9-8-34-22-36(80)24-42(49(34)38)53-51(68)56-45(30-70-53)59(77-16-20-83-21-17-77)75-61(73-56)85-33-63-11-6-14-79(63)57(48(67)28-63)41-26-47(66)39(4-2)50-40(41)23-37(81)25-43(50)54-52(69)55-44(29-71-54)58(76-12-7-18-82-19-15-76)74-60(72-55)84-32-62-10-5-13-78(62)31-35(64)27-62/h1-2,8-9,22-26,29-30,35,48,57,80-81H,5-7,10-21,27-28,31-33H2/t35-,48-,57?,62+,63+/m1/s1.